The van der Waals surface area contributed by atoms with Gasteiger partial charge in [-0.05, 0) is 56.6 Å². The maximum atomic E-state index is 6.05. The smallest absolute Gasteiger partial charge is 0.0576 e. The fourth-order valence-electron chi connectivity index (χ4n) is 4.33. The van der Waals surface area contributed by atoms with Gasteiger partial charge in [-0.25, -0.2) is 0 Å². The van der Waals surface area contributed by atoms with Crippen LogP contribution >= 0.6 is 0 Å². The summed E-state index contributed by atoms with van der Waals surface area (Å²) in [6, 6.07) is 8.64. The Morgan fingerprint density at radius 1 is 1.21 bits per heavy atom. The number of para-hydroxylation sites is 2. The van der Waals surface area contributed by atoms with Gasteiger partial charge in [0.25, 0.3) is 0 Å². The molecule has 0 spiro atoms. The van der Waals surface area contributed by atoms with Crippen LogP contribution in [-0.4, -0.2) is 30.6 Å². The zero-order chi connectivity index (χ0) is 17.2. The van der Waals surface area contributed by atoms with Gasteiger partial charge in [0.05, 0.1) is 11.4 Å². The minimum Gasteiger partial charge on any atom is -0.397 e. The number of anilines is 2. The van der Waals surface area contributed by atoms with Crippen molar-refractivity contribution < 1.29 is 0 Å². The number of nitrogen functional groups attached to an aromatic ring is 1. The largest absolute Gasteiger partial charge is 0.397 e. The van der Waals surface area contributed by atoms with E-state index in [1.54, 1.807) is 11.1 Å². The summed E-state index contributed by atoms with van der Waals surface area (Å²) in [7, 11) is 0. The van der Waals surface area contributed by atoms with E-state index in [-0.39, 0.29) is 0 Å². The minimum atomic E-state index is 0.385. The molecule has 1 aliphatic carbocycles. The van der Waals surface area contributed by atoms with E-state index in [1.807, 2.05) is 18.2 Å². The molecule has 3 rings (SSSR count). The summed E-state index contributed by atoms with van der Waals surface area (Å²) in [4.78, 5) is 2.65. The normalized spacial score (nSPS) is 22.6. The first-order valence-electron chi connectivity index (χ1n) is 9.48. The third-order valence-corrected chi connectivity index (χ3v) is 5.98. The molecule has 1 fully saturated rings. The lowest BCUT2D eigenvalue weighted by molar-refractivity contribution is 0.213. The van der Waals surface area contributed by atoms with E-state index < -0.39 is 0 Å². The predicted molar refractivity (Wildman–Crippen MR) is 104 cm³/mol. The van der Waals surface area contributed by atoms with Crippen molar-refractivity contribution in [1.82, 2.24) is 4.90 Å². The highest BCUT2D eigenvalue weighted by Gasteiger charge is 2.30. The topological polar surface area (TPSA) is 41.3 Å². The number of piperidine rings is 1. The standard InChI is InChI=1S/C21H33N3/c1-16-7-6-12-21(2,3)18(16)15-24-13-10-17(11-14-24)23-20-9-5-4-8-19(20)22/h4-5,8-9,17,23H,6-7,10-15,22H2,1-3H3. The third-order valence-electron chi connectivity index (χ3n) is 5.98. The number of rotatable bonds is 4. The van der Waals surface area contributed by atoms with Crippen molar-refractivity contribution in [1.29, 1.82) is 0 Å². The molecule has 0 amide bonds. The molecule has 0 unspecified atom stereocenters. The highest BCUT2D eigenvalue weighted by Crippen LogP contribution is 2.40. The highest BCUT2D eigenvalue weighted by molar-refractivity contribution is 5.65. The van der Waals surface area contributed by atoms with Crippen molar-refractivity contribution in [3.63, 3.8) is 0 Å². The average molecular weight is 328 g/mol. The van der Waals surface area contributed by atoms with Gasteiger partial charge in [0, 0.05) is 25.7 Å². The Morgan fingerprint density at radius 3 is 2.58 bits per heavy atom. The molecule has 0 radical (unpaired) electrons. The summed E-state index contributed by atoms with van der Waals surface area (Å²) in [6.07, 6.45) is 6.38. The van der Waals surface area contributed by atoms with Gasteiger partial charge in [0.2, 0.25) is 0 Å². The van der Waals surface area contributed by atoms with E-state index in [0.29, 0.717) is 11.5 Å². The Balaban J connectivity index is 1.55. The second-order valence-corrected chi connectivity index (χ2v) is 8.28. The lowest BCUT2D eigenvalue weighted by Gasteiger charge is -2.40. The molecule has 3 nitrogen and oxygen atoms in total. The van der Waals surface area contributed by atoms with Crippen molar-refractivity contribution in [2.24, 2.45) is 5.41 Å². The molecule has 3 N–H and O–H groups in total. The number of allylic oxidation sites excluding steroid dienone is 1. The van der Waals surface area contributed by atoms with E-state index in [0.717, 1.165) is 11.4 Å². The Labute approximate surface area is 147 Å². The number of hydrogen-bond donors (Lipinski definition) is 2. The highest BCUT2D eigenvalue weighted by atomic mass is 15.1. The molecule has 132 valence electrons. The van der Waals surface area contributed by atoms with Gasteiger partial charge in [-0.3, -0.25) is 4.90 Å². The molecule has 3 heteroatoms. The zero-order valence-electron chi connectivity index (χ0n) is 15.6. The lowest BCUT2D eigenvalue weighted by Crippen LogP contribution is -2.42. The Bertz CT molecular complexity index is 595. The van der Waals surface area contributed by atoms with Crippen LogP contribution < -0.4 is 11.1 Å². The van der Waals surface area contributed by atoms with E-state index in [9.17, 15) is 0 Å². The van der Waals surface area contributed by atoms with E-state index in [1.165, 1.54) is 51.7 Å². The molecule has 2 aliphatic rings. The minimum absolute atomic E-state index is 0.385. The first-order chi connectivity index (χ1) is 11.5. The van der Waals surface area contributed by atoms with Gasteiger partial charge in [-0.15, -0.1) is 0 Å². The quantitative estimate of drug-likeness (QED) is 0.623. The summed E-state index contributed by atoms with van der Waals surface area (Å²) in [5.41, 5.74) is 11.7. The van der Waals surface area contributed by atoms with Crippen LogP contribution in [0.4, 0.5) is 11.4 Å². The van der Waals surface area contributed by atoms with Gasteiger partial charge < -0.3 is 11.1 Å². The Morgan fingerprint density at radius 2 is 1.92 bits per heavy atom. The number of hydrogen-bond acceptors (Lipinski definition) is 3. The summed E-state index contributed by atoms with van der Waals surface area (Å²) in [5, 5.41) is 3.63. The fourth-order valence-corrected chi connectivity index (χ4v) is 4.33. The Kier molecular flexibility index (Phi) is 5.19. The molecule has 0 bridgehead atoms. The molecule has 1 aromatic rings. The van der Waals surface area contributed by atoms with Crippen molar-refractivity contribution in [2.45, 2.75) is 58.9 Å². The van der Waals surface area contributed by atoms with Crippen molar-refractivity contribution in [3.05, 3.63) is 35.4 Å². The molecule has 0 atom stereocenters. The van der Waals surface area contributed by atoms with Gasteiger partial charge >= 0.3 is 0 Å². The van der Waals surface area contributed by atoms with Crippen molar-refractivity contribution in [2.75, 3.05) is 30.7 Å². The fraction of sp³-hybridized carbons (Fsp3) is 0.619. The lowest BCUT2D eigenvalue weighted by atomic mass is 9.72. The summed E-state index contributed by atoms with van der Waals surface area (Å²) >= 11 is 0. The molecular weight excluding hydrogens is 294 g/mol. The predicted octanol–water partition coefficient (Wildman–Crippen LogP) is 4.67. The van der Waals surface area contributed by atoms with Crippen LogP contribution in [0, 0.1) is 5.41 Å². The van der Waals surface area contributed by atoms with E-state index in [4.69, 9.17) is 5.73 Å². The van der Waals surface area contributed by atoms with Crippen LogP contribution in [0.1, 0.15) is 52.9 Å². The van der Waals surface area contributed by atoms with Crippen LogP contribution in [0.25, 0.3) is 0 Å². The van der Waals surface area contributed by atoms with Crippen LogP contribution in [-0.2, 0) is 0 Å². The molecule has 1 aliphatic heterocycles. The van der Waals surface area contributed by atoms with Crippen LogP contribution in [0.2, 0.25) is 0 Å². The molecule has 1 aromatic carbocycles. The van der Waals surface area contributed by atoms with Crippen molar-refractivity contribution in [3.8, 4) is 0 Å². The number of benzene rings is 1. The number of nitrogens with zero attached hydrogens (tertiary/aromatic N) is 1. The molecule has 1 saturated heterocycles. The first kappa shape index (κ1) is 17.3. The molecule has 0 saturated carbocycles. The summed E-state index contributed by atoms with van der Waals surface area (Å²) in [6.45, 7) is 10.7. The number of nitrogens with two attached hydrogens (primary N) is 1. The second-order valence-electron chi connectivity index (χ2n) is 8.28. The number of nitrogens with one attached hydrogen (secondary N) is 1. The van der Waals surface area contributed by atoms with Gasteiger partial charge in [-0.2, -0.15) is 0 Å². The Hall–Kier alpha value is -1.48. The maximum absolute atomic E-state index is 6.05. The molecule has 0 aromatic heterocycles. The average Bonchev–Trinajstić information content (AvgIpc) is 2.54. The van der Waals surface area contributed by atoms with Gasteiger partial charge in [-0.1, -0.05) is 37.1 Å². The monoisotopic (exact) mass is 327 g/mol. The van der Waals surface area contributed by atoms with E-state index in [2.05, 4.69) is 37.1 Å². The molecular formula is C21H33N3. The third kappa shape index (κ3) is 3.94. The van der Waals surface area contributed by atoms with Crippen molar-refractivity contribution >= 4 is 11.4 Å². The summed E-state index contributed by atoms with van der Waals surface area (Å²) < 4.78 is 0. The molecule has 24 heavy (non-hydrogen) atoms. The SMILES string of the molecule is CC1=C(CN2CCC(Nc3ccccc3N)CC2)C(C)(C)CCC1. The van der Waals surface area contributed by atoms with Crippen LogP contribution in [0.5, 0.6) is 0 Å². The summed E-state index contributed by atoms with van der Waals surface area (Å²) in [5.74, 6) is 0. The van der Waals surface area contributed by atoms with Gasteiger partial charge in [0.1, 0.15) is 0 Å². The van der Waals surface area contributed by atoms with Gasteiger partial charge in [0.15, 0.2) is 0 Å². The molecule has 1 heterocycles. The zero-order valence-corrected chi connectivity index (χ0v) is 15.6. The van der Waals surface area contributed by atoms with Crippen LogP contribution in [0.3, 0.4) is 0 Å². The van der Waals surface area contributed by atoms with Crippen LogP contribution in [0.15, 0.2) is 35.4 Å². The van der Waals surface area contributed by atoms with E-state index >= 15 is 0 Å². The number of likely N-dealkylation sites (tertiary alicyclic amines) is 1. The second kappa shape index (κ2) is 7.18. The first-order valence-corrected chi connectivity index (χ1v) is 9.48. The maximum Gasteiger partial charge on any atom is 0.0576 e.